The van der Waals surface area contributed by atoms with Crippen LogP contribution in [0.15, 0.2) is 24.3 Å². The van der Waals surface area contributed by atoms with E-state index in [2.05, 4.69) is 29.5 Å². The van der Waals surface area contributed by atoms with E-state index in [1.165, 1.54) is 0 Å². The number of nitrogens with one attached hydrogen (secondary N) is 3. The molecule has 1 aromatic carbocycles. The van der Waals surface area contributed by atoms with Crippen molar-refractivity contribution in [2.75, 3.05) is 7.11 Å². The van der Waals surface area contributed by atoms with Crippen LogP contribution in [0.1, 0.15) is 50.0 Å². The lowest BCUT2D eigenvalue weighted by Crippen LogP contribution is -2.58. The van der Waals surface area contributed by atoms with Gasteiger partial charge in [0.25, 0.3) is 5.91 Å². The first-order chi connectivity index (χ1) is 13.5. The normalized spacial score (nSPS) is 29.8. The molecule has 0 radical (unpaired) electrons. The molecule has 3 N–H and O–H groups in total. The zero-order valence-corrected chi connectivity index (χ0v) is 16.7. The second kappa shape index (κ2) is 7.49. The number of piperidine rings is 1. The summed E-state index contributed by atoms with van der Waals surface area (Å²) in [5.74, 6) is 1.87. The minimum atomic E-state index is -0.0970. The van der Waals surface area contributed by atoms with Gasteiger partial charge in [0.2, 0.25) is 5.91 Å². The van der Waals surface area contributed by atoms with Gasteiger partial charge in [0.15, 0.2) is 0 Å². The van der Waals surface area contributed by atoms with Gasteiger partial charge in [-0.3, -0.25) is 9.59 Å². The number of hydrogen-bond acceptors (Lipinski definition) is 3. The summed E-state index contributed by atoms with van der Waals surface area (Å²) in [5, 5.41) is 7.36. The molecule has 150 valence electrons. The van der Waals surface area contributed by atoms with E-state index < -0.39 is 0 Å². The van der Waals surface area contributed by atoms with E-state index in [1.54, 1.807) is 7.11 Å². The summed E-state index contributed by atoms with van der Waals surface area (Å²) >= 11 is 0. The maximum Gasteiger partial charge on any atom is 0.267 e. The smallest absolute Gasteiger partial charge is 0.267 e. The van der Waals surface area contributed by atoms with Crippen LogP contribution in [0.5, 0.6) is 5.75 Å². The molecule has 2 amide bonds. The van der Waals surface area contributed by atoms with Gasteiger partial charge in [0.1, 0.15) is 11.4 Å². The monoisotopic (exact) mass is 383 g/mol. The highest BCUT2D eigenvalue weighted by molar-refractivity contribution is 5.98. The van der Waals surface area contributed by atoms with Crippen molar-refractivity contribution in [3.63, 3.8) is 0 Å². The Morgan fingerprint density at radius 3 is 2.86 bits per heavy atom. The molecule has 0 bridgehead atoms. The Bertz CT molecular complexity index is 890. The number of aromatic nitrogens is 1. The lowest BCUT2D eigenvalue weighted by molar-refractivity contribution is -0.133. The Kier molecular flexibility index (Phi) is 5.04. The first-order valence-electron chi connectivity index (χ1n) is 10.3. The molecule has 1 aliphatic carbocycles. The van der Waals surface area contributed by atoms with Crippen LogP contribution in [0.4, 0.5) is 0 Å². The highest BCUT2D eigenvalue weighted by Gasteiger charge is 2.43. The predicted molar refractivity (Wildman–Crippen MR) is 108 cm³/mol. The van der Waals surface area contributed by atoms with E-state index >= 15 is 0 Å². The van der Waals surface area contributed by atoms with Gasteiger partial charge in [-0.25, -0.2) is 0 Å². The number of H-pyrrole nitrogens is 1. The van der Waals surface area contributed by atoms with Gasteiger partial charge in [0, 0.05) is 35.0 Å². The van der Waals surface area contributed by atoms with Crippen molar-refractivity contribution < 1.29 is 14.3 Å². The Morgan fingerprint density at radius 2 is 2.11 bits per heavy atom. The van der Waals surface area contributed by atoms with E-state index in [0.29, 0.717) is 17.5 Å². The Balaban J connectivity index is 1.43. The summed E-state index contributed by atoms with van der Waals surface area (Å²) < 4.78 is 5.24. The minimum absolute atomic E-state index is 0.0837. The molecule has 28 heavy (non-hydrogen) atoms. The minimum Gasteiger partial charge on any atom is -0.497 e. The molecule has 2 heterocycles. The molecule has 1 aliphatic heterocycles. The van der Waals surface area contributed by atoms with Crippen molar-refractivity contribution in [2.24, 2.45) is 17.8 Å². The molecule has 2 aromatic rings. The SMILES string of the molecule is CCC1C(=O)NC2CC(NC(=O)c3cc4ccc(OC)cc4[nH]3)CCC2C1C. The lowest BCUT2D eigenvalue weighted by Gasteiger charge is -2.46. The van der Waals surface area contributed by atoms with Crippen molar-refractivity contribution in [3.8, 4) is 5.75 Å². The molecule has 0 spiro atoms. The van der Waals surface area contributed by atoms with Crippen LogP contribution in [-0.4, -0.2) is 36.0 Å². The van der Waals surface area contributed by atoms with Crippen molar-refractivity contribution >= 4 is 22.7 Å². The van der Waals surface area contributed by atoms with E-state index in [9.17, 15) is 9.59 Å². The summed E-state index contributed by atoms with van der Waals surface area (Å²) in [6.45, 7) is 4.30. The first-order valence-corrected chi connectivity index (χ1v) is 10.3. The molecule has 2 aliphatic rings. The maximum atomic E-state index is 12.8. The highest BCUT2D eigenvalue weighted by Crippen LogP contribution is 2.39. The van der Waals surface area contributed by atoms with Crippen molar-refractivity contribution in [3.05, 3.63) is 30.0 Å². The molecule has 6 nitrogen and oxygen atoms in total. The van der Waals surface area contributed by atoms with Gasteiger partial charge < -0.3 is 20.4 Å². The third-order valence-electron chi connectivity index (χ3n) is 6.73. The van der Waals surface area contributed by atoms with Gasteiger partial charge >= 0.3 is 0 Å². The third-order valence-corrected chi connectivity index (χ3v) is 6.73. The molecule has 5 unspecified atom stereocenters. The van der Waals surface area contributed by atoms with Gasteiger partial charge in [-0.05, 0) is 55.7 Å². The van der Waals surface area contributed by atoms with E-state index in [0.717, 1.165) is 42.3 Å². The third kappa shape index (κ3) is 3.36. The second-order valence-corrected chi connectivity index (χ2v) is 8.27. The average Bonchev–Trinajstić information content (AvgIpc) is 3.11. The van der Waals surface area contributed by atoms with Crippen LogP contribution < -0.4 is 15.4 Å². The molecule has 4 rings (SSSR count). The van der Waals surface area contributed by atoms with E-state index in [1.807, 2.05) is 24.3 Å². The standard InChI is InChI=1S/C22H29N3O3/c1-4-16-12(2)17-8-6-14(10-19(17)25-21(16)26)23-22(27)20-9-13-5-7-15(28-3)11-18(13)24-20/h5,7,9,11-12,14,16-17,19,24H,4,6,8,10H2,1-3H3,(H,23,27)(H,25,26). The predicted octanol–water partition coefficient (Wildman–Crippen LogP) is 3.24. The summed E-state index contributed by atoms with van der Waals surface area (Å²) in [4.78, 5) is 28.3. The van der Waals surface area contributed by atoms with Crippen LogP contribution in [-0.2, 0) is 4.79 Å². The van der Waals surface area contributed by atoms with Crippen molar-refractivity contribution in [1.82, 2.24) is 15.6 Å². The molecular weight excluding hydrogens is 354 g/mol. The van der Waals surface area contributed by atoms with Gasteiger partial charge in [-0.15, -0.1) is 0 Å². The van der Waals surface area contributed by atoms with Crippen LogP contribution in [0, 0.1) is 17.8 Å². The van der Waals surface area contributed by atoms with Gasteiger partial charge in [0.05, 0.1) is 7.11 Å². The fraction of sp³-hybridized carbons (Fsp3) is 0.545. The molecule has 1 saturated heterocycles. The fourth-order valence-corrected chi connectivity index (χ4v) is 5.12. The molecule has 1 saturated carbocycles. The number of ether oxygens (including phenoxy) is 1. The summed E-state index contributed by atoms with van der Waals surface area (Å²) in [6.07, 6.45) is 3.69. The summed E-state index contributed by atoms with van der Waals surface area (Å²) in [7, 11) is 1.63. The topological polar surface area (TPSA) is 83.2 Å². The molecule has 5 atom stereocenters. The first kappa shape index (κ1) is 18.8. The number of fused-ring (bicyclic) bond motifs is 2. The van der Waals surface area contributed by atoms with Crippen LogP contribution in [0.2, 0.25) is 0 Å². The zero-order valence-electron chi connectivity index (χ0n) is 16.7. The highest BCUT2D eigenvalue weighted by atomic mass is 16.5. The zero-order chi connectivity index (χ0) is 19.8. The molecule has 2 fully saturated rings. The van der Waals surface area contributed by atoms with E-state index in [-0.39, 0.29) is 29.8 Å². The quantitative estimate of drug-likeness (QED) is 0.758. The van der Waals surface area contributed by atoms with Crippen molar-refractivity contribution in [2.45, 2.75) is 51.6 Å². The number of hydrogen-bond donors (Lipinski definition) is 3. The Labute approximate surface area is 165 Å². The molecule has 6 heteroatoms. The van der Waals surface area contributed by atoms with Crippen molar-refractivity contribution in [1.29, 1.82) is 0 Å². The number of benzene rings is 1. The van der Waals surface area contributed by atoms with E-state index in [4.69, 9.17) is 4.74 Å². The molecule has 1 aromatic heterocycles. The van der Waals surface area contributed by atoms with Gasteiger partial charge in [-0.2, -0.15) is 0 Å². The number of rotatable bonds is 4. The van der Waals surface area contributed by atoms with Crippen LogP contribution in [0.3, 0.4) is 0 Å². The fourth-order valence-electron chi connectivity index (χ4n) is 5.12. The maximum absolute atomic E-state index is 12.8. The average molecular weight is 383 g/mol. The van der Waals surface area contributed by atoms with Gasteiger partial charge in [-0.1, -0.05) is 13.8 Å². The number of amides is 2. The largest absolute Gasteiger partial charge is 0.497 e. The van der Waals surface area contributed by atoms with Crippen LogP contribution >= 0.6 is 0 Å². The number of carbonyl (C=O) groups is 2. The second-order valence-electron chi connectivity index (χ2n) is 8.27. The molecular formula is C22H29N3O3. The lowest BCUT2D eigenvalue weighted by atomic mass is 9.67. The summed E-state index contributed by atoms with van der Waals surface area (Å²) in [5.41, 5.74) is 1.43. The number of methoxy groups -OCH3 is 1. The summed E-state index contributed by atoms with van der Waals surface area (Å²) in [6, 6.07) is 7.83. The number of aromatic amines is 1. The number of carbonyl (C=O) groups excluding carboxylic acids is 2. The van der Waals surface area contributed by atoms with Crippen LogP contribution in [0.25, 0.3) is 10.9 Å². The Hall–Kier alpha value is -2.50. The Morgan fingerprint density at radius 1 is 1.29 bits per heavy atom.